The van der Waals surface area contributed by atoms with Gasteiger partial charge in [0.05, 0.1) is 10.6 Å². The third kappa shape index (κ3) is 5.98. The van der Waals surface area contributed by atoms with Crippen LogP contribution in [0.4, 0.5) is 0 Å². The molecule has 0 radical (unpaired) electrons. The highest BCUT2D eigenvalue weighted by Crippen LogP contribution is 2.18. The van der Waals surface area contributed by atoms with Gasteiger partial charge >= 0.3 is 5.97 Å². The molecular weight excluding hydrogens is 302 g/mol. The summed E-state index contributed by atoms with van der Waals surface area (Å²) in [5, 5.41) is 11.1. The average molecular weight is 317 g/mol. The quantitative estimate of drug-likeness (QED) is 0.763. The second kappa shape index (κ2) is 6.67. The summed E-state index contributed by atoms with van der Waals surface area (Å²) in [4.78, 5) is 23.3. The number of aliphatic carboxylic acids is 1. The number of thiophene rings is 1. The van der Waals surface area contributed by atoms with E-state index in [2.05, 4.69) is 5.32 Å². The molecule has 1 rings (SSSR count). The molecule has 1 aromatic heterocycles. The normalized spacial score (nSPS) is 13.3. The lowest BCUT2D eigenvalue weighted by atomic mass is 10.3. The van der Waals surface area contributed by atoms with Crippen LogP contribution in [-0.2, 0) is 14.6 Å². The molecule has 0 aliphatic heterocycles. The summed E-state index contributed by atoms with van der Waals surface area (Å²) in [7, 11) is -3.15. The number of carboxylic acid groups (broad SMARTS) is 1. The molecule has 1 amide bonds. The minimum absolute atomic E-state index is 0.129. The van der Waals surface area contributed by atoms with Crippen LogP contribution in [0.5, 0.6) is 0 Å². The van der Waals surface area contributed by atoms with Gasteiger partial charge < -0.3 is 10.4 Å². The first-order chi connectivity index (χ1) is 9.17. The standard InChI is InChI=1S/C12H15NO5S2/c1-8(7-20(2,17)18)13-12(16)10-5-3-9(19-10)4-6-11(14)15/h3-6,8H,7H2,1-2H3,(H,13,16)(H,14,15). The number of carbonyl (C=O) groups excluding carboxylic acids is 1. The van der Waals surface area contributed by atoms with Gasteiger partial charge in [-0.1, -0.05) is 0 Å². The molecule has 2 N–H and O–H groups in total. The van der Waals surface area contributed by atoms with E-state index in [0.29, 0.717) is 9.75 Å². The van der Waals surface area contributed by atoms with E-state index in [9.17, 15) is 18.0 Å². The minimum atomic E-state index is -3.15. The highest BCUT2D eigenvalue weighted by Gasteiger charge is 2.15. The summed E-state index contributed by atoms with van der Waals surface area (Å²) in [6, 6.07) is 2.70. The maximum Gasteiger partial charge on any atom is 0.328 e. The summed E-state index contributed by atoms with van der Waals surface area (Å²) in [5.41, 5.74) is 0. The first-order valence-corrected chi connectivity index (χ1v) is 8.54. The molecule has 0 saturated carbocycles. The van der Waals surface area contributed by atoms with E-state index in [0.717, 1.165) is 23.7 Å². The van der Waals surface area contributed by atoms with Gasteiger partial charge in [0.15, 0.2) is 0 Å². The van der Waals surface area contributed by atoms with E-state index in [1.807, 2.05) is 0 Å². The number of nitrogens with one attached hydrogen (secondary N) is 1. The van der Waals surface area contributed by atoms with Gasteiger partial charge in [0, 0.05) is 23.3 Å². The lowest BCUT2D eigenvalue weighted by Crippen LogP contribution is -2.36. The lowest BCUT2D eigenvalue weighted by Gasteiger charge is -2.11. The Labute approximate surface area is 121 Å². The number of hydrogen-bond donors (Lipinski definition) is 2. The van der Waals surface area contributed by atoms with Crippen molar-refractivity contribution in [2.75, 3.05) is 12.0 Å². The fraction of sp³-hybridized carbons (Fsp3) is 0.333. The molecule has 8 heteroatoms. The van der Waals surface area contributed by atoms with Crippen molar-refractivity contribution in [1.29, 1.82) is 0 Å². The Morgan fingerprint density at radius 3 is 2.65 bits per heavy atom. The van der Waals surface area contributed by atoms with Crippen molar-refractivity contribution in [2.45, 2.75) is 13.0 Å². The van der Waals surface area contributed by atoms with Crippen LogP contribution >= 0.6 is 11.3 Å². The van der Waals surface area contributed by atoms with Gasteiger partial charge in [0.2, 0.25) is 0 Å². The zero-order chi connectivity index (χ0) is 15.3. The second-order valence-corrected chi connectivity index (χ2v) is 7.64. The predicted octanol–water partition coefficient (Wildman–Crippen LogP) is 1.01. The van der Waals surface area contributed by atoms with Gasteiger partial charge in [-0.05, 0) is 25.1 Å². The Balaban J connectivity index is 2.67. The molecule has 1 unspecified atom stereocenters. The largest absolute Gasteiger partial charge is 0.478 e. The summed E-state index contributed by atoms with van der Waals surface area (Å²) in [6.07, 6.45) is 3.49. The molecule has 6 nitrogen and oxygen atoms in total. The van der Waals surface area contributed by atoms with E-state index < -0.39 is 21.8 Å². The van der Waals surface area contributed by atoms with Crippen molar-refractivity contribution < 1.29 is 23.1 Å². The van der Waals surface area contributed by atoms with Crippen molar-refractivity contribution in [2.24, 2.45) is 0 Å². The van der Waals surface area contributed by atoms with Gasteiger partial charge in [0.25, 0.3) is 5.91 Å². The highest BCUT2D eigenvalue weighted by molar-refractivity contribution is 7.90. The zero-order valence-electron chi connectivity index (χ0n) is 11.0. The van der Waals surface area contributed by atoms with Crippen molar-refractivity contribution >= 4 is 39.1 Å². The molecule has 1 heterocycles. The molecule has 0 saturated heterocycles. The van der Waals surface area contributed by atoms with Crippen LogP contribution in [0.25, 0.3) is 6.08 Å². The van der Waals surface area contributed by atoms with Gasteiger partial charge in [0.1, 0.15) is 9.84 Å². The van der Waals surface area contributed by atoms with Crippen LogP contribution in [0.1, 0.15) is 21.5 Å². The van der Waals surface area contributed by atoms with Crippen molar-refractivity contribution in [1.82, 2.24) is 5.32 Å². The van der Waals surface area contributed by atoms with E-state index in [4.69, 9.17) is 5.11 Å². The molecule has 0 aromatic carbocycles. The molecule has 0 aliphatic carbocycles. The third-order valence-electron chi connectivity index (χ3n) is 2.17. The van der Waals surface area contributed by atoms with Gasteiger partial charge in [-0.3, -0.25) is 4.79 Å². The monoisotopic (exact) mass is 317 g/mol. The molecule has 0 aliphatic rings. The predicted molar refractivity (Wildman–Crippen MR) is 77.6 cm³/mol. The summed E-state index contributed by atoms with van der Waals surface area (Å²) < 4.78 is 22.2. The van der Waals surface area contributed by atoms with Crippen LogP contribution < -0.4 is 5.32 Å². The molecule has 0 bridgehead atoms. The first-order valence-electron chi connectivity index (χ1n) is 5.67. The fourth-order valence-corrected chi connectivity index (χ4v) is 3.31. The molecule has 20 heavy (non-hydrogen) atoms. The van der Waals surface area contributed by atoms with Crippen LogP contribution in [0.2, 0.25) is 0 Å². The number of carbonyl (C=O) groups is 2. The highest BCUT2D eigenvalue weighted by atomic mass is 32.2. The smallest absolute Gasteiger partial charge is 0.328 e. The zero-order valence-corrected chi connectivity index (χ0v) is 12.6. The number of rotatable bonds is 6. The number of sulfone groups is 1. The molecule has 1 aromatic rings. The van der Waals surface area contributed by atoms with Crippen molar-refractivity contribution in [3.63, 3.8) is 0 Å². The summed E-state index contributed by atoms with van der Waals surface area (Å²) in [6.45, 7) is 1.61. The Kier molecular flexibility index (Phi) is 5.46. The van der Waals surface area contributed by atoms with E-state index in [-0.39, 0.29) is 11.7 Å². The first kappa shape index (κ1) is 16.4. The fourth-order valence-electron chi connectivity index (χ4n) is 1.51. The maximum absolute atomic E-state index is 11.9. The van der Waals surface area contributed by atoms with Crippen LogP contribution in [-0.4, -0.2) is 43.5 Å². The Morgan fingerprint density at radius 1 is 1.45 bits per heavy atom. The maximum atomic E-state index is 11.9. The van der Waals surface area contributed by atoms with E-state index >= 15 is 0 Å². The third-order valence-corrected chi connectivity index (χ3v) is 4.33. The Bertz CT molecular complexity index is 630. The number of amides is 1. The van der Waals surface area contributed by atoms with Crippen LogP contribution in [0, 0.1) is 0 Å². The molecule has 0 fully saturated rings. The molecule has 0 spiro atoms. The topological polar surface area (TPSA) is 101 Å². The van der Waals surface area contributed by atoms with Gasteiger partial charge in [-0.15, -0.1) is 11.3 Å². The summed E-state index contributed by atoms with van der Waals surface area (Å²) in [5.74, 6) is -1.57. The SMILES string of the molecule is CC(CS(C)(=O)=O)NC(=O)c1ccc(C=CC(=O)O)s1. The van der Waals surface area contributed by atoms with E-state index in [1.165, 1.54) is 6.08 Å². The van der Waals surface area contributed by atoms with E-state index in [1.54, 1.807) is 19.1 Å². The Morgan fingerprint density at radius 2 is 2.10 bits per heavy atom. The van der Waals surface area contributed by atoms with Crippen LogP contribution in [0.15, 0.2) is 18.2 Å². The summed E-state index contributed by atoms with van der Waals surface area (Å²) >= 11 is 1.13. The van der Waals surface area contributed by atoms with Crippen molar-refractivity contribution in [3.05, 3.63) is 28.0 Å². The minimum Gasteiger partial charge on any atom is -0.478 e. The van der Waals surface area contributed by atoms with Gasteiger partial charge in [-0.2, -0.15) is 0 Å². The molecular formula is C12H15NO5S2. The van der Waals surface area contributed by atoms with Crippen LogP contribution in [0.3, 0.4) is 0 Å². The number of hydrogen-bond acceptors (Lipinski definition) is 5. The molecule has 110 valence electrons. The lowest BCUT2D eigenvalue weighted by molar-refractivity contribution is -0.131. The average Bonchev–Trinajstić information content (AvgIpc) is 2.71. The van der Waals surface area contributed by atoms with Crippen molar-refractivity contribution in [3.8, 4) is 0 Å². The number of carboxylic acids is 1. The Hall–Kier alpha value is -1.67. The van der Waals surface area contributed by atoms with Gasteiger partial charge in [-0.25, -0.2) is 13.2 Å². The molecule has 1 atom stereocenters. The second-order valence-electron chi connectivity index (χ2n) is 4.34.